The van der Waals surface area contributed by atoms with Crippen LogP contribution in [0.2, 0.25) is 0 Å². The molecular weight excluding hydrogens is 280 g/mol. The molecule has 1 aliphatic heterocycles. The maximum Gasteiger partial charge on any atom is 0.328 e. The number of benzene rings is 1. The van der Waals surface area contributed by atoms with Crippen molar-refractivity contribution in [3.05, 3.63) is 24.3 Å². The van der Waals surface area contributed by atoms with Gasteiger partial charge in [0.15, 0.2) is 0 Å². The fourth-order valence-corrected chi connectivity index (χ4v) is 2.58. The zero-order chi connectivity index (χ0) is 16.3. The fraction of sp³-hybridized carbons (Fsp3) is 0.529. The highest BCUT2D eigenvalue weighted by Crippen LogP contribution is 2.34. The molecule has 1 heterocycles. The number of fused-ring (bicyclic) bond motifs is 1. The second kappa shape index (κ2) is 6.81. The summed E-state index contributed by atoms with van der Waals surface area (Å²) in [5, 5.41) is 3.27. The molecule has 0 aliphatic carbocycles. The van der Waals surface area contributed by atoms with Crippen LogP contribution in [0.4, 0.5) is 11.4 Å². The van der Waals surface area contributed by atoms with Crippen molar-refractivity contribution in [2.75, 3.05) is 16.8 Å². The van der Waals surface area contributed by atoms with E-state index in [4.69, 9.17) is 4.74 Å². The van der Waals surface area contributed by atoms with Crippen molar-refractivity contribution in [2.45, 2.75) is 46.2 Å². The molecule has 2 atom stereocenters. The molecule has 1 amide bonds. The van der Waals surface area contributed by atoms with Gasteiger partial charge in [-0.15, -0.1) is 0 Å². The lowest BCUT2D eigenvalue weighted by atomic mass is 9.97. The predicted molar refractivity (Wildman–Crippen MR) is 86.9 cm³/mol. The van der Waals surface area contributed by atoms with Gasteiger partial charge in [-0.3, -0.25) is 9.69 Å². The first-order chi connectivity index (χ1) is 10.5. The first-order valence-corrected chi connectivity index (χ1v) is 7.82. The highest BCUT2D eigenvalue weighted by Gasteiger charge is 2.39. The summed E-state index contributed by atoms with van der Waals surface area (Å²) in [7, 11) is 0. The first kappa shape index (κ1) is 16.3. The lowest BCUT2D eigenvalue weighted by Gasteiger charge is -2.39. The summed E-state index contributed by atoms with van der Waals surface area (Å²) >= 11 is 0. The highest BCUT2D eigenvalue weighted by atomic mass is 16.5. The van der Waals surface area contributed by atoms with E-state index in [1.165, 1.54) is 0 Å². The van der Waals surface area contributed by atoms with Gasteiger partial charge < -0.3 is 10.1 Å². The monoisotopic (exact) mass is 304 g/mol. The number of para-hydroxylation sites is 2. The Morgan fingerprint density at radius 3 is 2.64 bits per heavy atom. The lowest BCUT2D eigenvalue weighted by molar-refractivity contribution is -0.146. The summed E-state index contributed by atoms with van der Waals surface area (Å²) in [6.45, 7) is 8.01. The van der Waals surface area contributed by atoms with E-state index in [1.807, 2.05) is 45.0 Å². The van der Waals surface area contributed by atoms with Crippen LogP contribution in [0.25, 0.3) is 0 Å². The SMILES string of the molecule is CCCOC(=O)C(C)N1C(=O)C(C(C)C)Nc2ccccc21. The van der Waals surface area contributed by atoms with Crippen molar-refractivity contribution in [3.63, 3.8) is 0 Å². The van der Waals surface area contributed by atoms with Crippen LogP contribution in [0, 0.1) is 5.92 Å². The number of nitrogens with zero attached hydrogens (tertiary/aromatic N) is 1. The minimum absolute atomic E-state index is 0.0883. The van der Waals surface area contributed by atoms with E-state index in [0.29, 0.717) is 6.61 Å². The van der Waals surface area contributed by atoms with Gasteiger partial charge in [0.25, 0.3) is 5.91 Å². The van der Waals surface area contributed by atoms with Crippen molar-refractivity contribution in [1.29, 1.82) is 0 Å². The third-order valence-electron chi connectivity index (χ3n) is 3.82. The van der Waals surface area contributed by atoms with Crippen LogP contribution in [0.3, 0.4) is 0 Å². The summed E-state index contributed by atoms with van der Waals surface area (Å²) in [6.07, 6.45) is 0.763. The summed E-state index contributed by atoms with van der Waals surface area (Å²) in [4.78, 5) is 26.6. The molecule has 1 N–H and O–H groups in total. The Bertz CT molecular complexity index is 557. The van der Waals surface area contributed by atoms with Crippen molar-refractivity contribution < 1.29 is 14.3 Å². The number of hydrogen-bond donors (Lipinski definition) is 1. The van der Waals surface area contributed by atoms with E-state index in [0.717, 1.165) is 17.8 Å². The molecule has 0 saturated carbocycles. The third kappa shape index (κ3) is 3.08. The quantitative estimate of drug-likeness (QED) is 0.850. The second-order valence-electron chi connectivity index (χ2n) is 5.93. The maximum absolute atomic E-state index is 12.8. The van der Waals surface area contributed by atoms with Crippen LogP contribution in [-0.2, 0) is 14.3 Å². The second-order valence-corrected chi connectivity index (χ2v) is 5.93. The Balaban J connectivity index is 2.34. The van der Waals surface area contributed by atoms with Crippen molar-refractivity contribution in [2.24, 2.45) is 5.92 Å². The molecule has 2 rings (SSSR count). The van der Waals surface area contributed by atoms with Gasteiger partial charge in [0.05, 0.1) is 18.0 Å². The molecule has 0 radical (unpaired) electrons. The molecular formula is C17H24N2O3. The molecule has 1 aliphatic rings. The standard InChI is InChI=1S/C17H24N2O3/c1-5-10-22-17(21)12(4)19-14-9-7-6-8-13(14)18-15(11(2)3)16(19)20/h6-9,11-12,15,18H,5,10H2,1-4H3. The Kier molecular flexibility index (Phi) is 5.06. The lowest BCUT2D eigenvalue weighted by Crippen LogP contribution is -2.55. The summed E-state index contributed by atoms with van der Waals surface area (Å²) in [5.41, 5.74) is 1.60. The van der Waals surface area contributed by atoms with Gasteiger partial charge in [0.2, 0.25) is 0 Å². The molecule has 5 nitrogen and oxygen atoms in total. The highest BCUT2D eigenvalue weighted by molar-refractivity contribution is 6.08. The molecule has 5 heteroatoms. The zero-order valence-electron chi connectivity index (χ0n) is 13.6. The Morgan fingerprint density at radius 2 is 2.00 bits per heavy atom. The van der Waals surface area contributed by atoms with E-state index >= 15 is 0 Å². The first-order valence-electron chi connectivity index (χ1n) is 7.82. The number of esters is 1. The maximum atomic E-state index is 12.8. The minimum atomic E-state index is -0.636. The predicted octanol–water partition coefficient (Wildman–Crippen LogP) is 2.81. The molecule has 1 aromatic rings. The molecule has 0 fully saturated rings. The molecule has 0 saturated heterocycles. The zero-order valence-corrected chi connectivity index (χ0v) is 13.6. The molecule has 0 aromatic heterocycles. The molecule has 120 valence electrons. The van der Waals surface area contributed by atoms with Crippen molar-refractivity contribution in [3.8, 4) is 0 Å². The van der Waals surface area contributed by atoms with Gasteiger partial charge in [0, 0.05) is 0 Å². The Hall–Kier alpha value is -2.04. The van der Waals surface area contributed by atoms with Crippen molar-refractivity contribution in [1.82, 2.24) is 0 Å². The Labute approximate surface area is 131 Å². The van der Waals surface area contributed by atoms with E-state index in [9.17, 15) is 9.59 Å². The van der Waals surface area contributed by atoms with Crippen LogP contribution in [-0.4, -0.2) is 30.6 Å². The average molecular weight is 304 g/mol. The summed E-state index contributed by atoms with van der Waals surface area (Å²) < 4.78 is 5.21. The van der Waals surface area contributed by atoms with Gasteiger partial charge in [-0.1, -0.05) is 32.9 Å². The van der Waals surface area contributed by atoms with Gasteiger partial charge >= 0.3 is 5.97 Å². The number of amides is 1. The molecule has 0 bridgehead atoms. The molecule has 0 spiro atoms. The smallest absolute Gasteiger partial charge is 0.328 e. The van der Waals surface area contributed by atoms with Crippen LogP contribution in [0.15, 0.2) is 24.3 Å². The van der Waals surface area contributed by atoms with E-state index in [2.05, 4.69) is 5.32 Å². The van der Waals surface area contributed by atoms with E-state index in [-0.39, 0.29) is 23.8 Å². The van der Waals surface area contributed by atoms with Gasteiger partial charge in [-0.05, 0) is 31.4 Å². The summed E-state index contributed by atoms with van der Waals surface area (Å²) in [6, 6.07) is 6.58. The molecule has 22 heavy (non-hydrogen) atoms. The topological polar surface area (TPSA) is 58.6 Å². The average Bonchev–Trinajstić information content (AvgIpc) is 2.51. The van der Waals surface area contributed by atoms with E-state index < -0.39 is 6.04 Å². The normalized spacial score (nSPS) is 18.7. The van der Waals surface area contributed by atoms with Gasteiger partial charge in [-0.2, -0.15) is 0 Å². The fourth-order valence-electron chi connectivity index (χ4n) is 2.58. The van der Waals surface area contributed by atoms with Crippen LogP contribution >= 0.6 is 0 Å². The van der Waals surface area contributed by atoms with Gasteiger partial charge in [0.1, 0.15) is 12.1 Å². The molecule has 2 unspecified atom stereocenters. The summed E-state index contributed by atoms with van der Waals surface area (Å²) in [5.74, 6) is -0.328. The van der Waals surface area contributed by atoms with Gasteiger partial charge in [-0.25, -0.2) is 4.79 Å². The Morgan fingerprint density at radius 1 is 1.32 bits per heavy atom. The number of carbonyl (C=O) groups is 2. The van der Waals surface area contributed by atoms with Crippen LogP contribution in [0.5, 0.6) is 0 Å². The van der Waals surface area contributed by atoms with Crippen molar-refractivity contribution >= 4 is 23.3 Å². The number of nitrogens with one attached hydrogen (secondary N) is 1. The third-order valence-corrected chi connectivity index (χ3v) is 3.82. The largest absolute Gasteiger partial charge is 0.464 e. The minimum Gasteiger partial charge on any atom is -0.464 e. The van der Waals surface area contributed by atoms with E-state index in [1.54, 1.807) is 11.8 Å². The number of hydrogen-bond acceptors (Lipinski definition) is 4. The number of anilines is 2. The number of rotatable bonds is 5. The molecule has 1 aromatic carbocycles. The van der Waals surface area contributed by atoms with Crippen LogP contribution in [0.1, 0.15) is 34.1 Å². The number of carbonyl (C=O) groups excluding carboxylic acids is 2. The number of ether oxygens (including phenoxy) is 1. The van der Waals surface area contributed by atoms with Crippen LogP contribution < -0.4 is 10.2 Å².